The van der Waals surface area contributed by atoms with Crippen LogP contribution in [0.1, 0.15) is 15.9 Å². The van der Waals surface area contributed by atoms with Crippen molar-refractivity contribution in [1.29, 1.82) is 0 Å². The molecule has 0 spiro atoms. The van der Waals surface area contributed by atoms with E-state index >= 15 is 0 Å². The molecule has 0 aliphatic carbocycles. The molecule has 0 aromatic heterocycles. The summed E-state index contributed by atoms with van der Waals surface area (Å²) < 4.78 is 40.4. The Labute approximate surface area is 123 Å². The molecule has 2 aromatic carbocycles. The third-order valence-corrected chi connectivity index (χ3v) is 3.16. The Bertz CT molecular complexity index is 687. The number of hydrogen-bond donors (Lipinski definition) is 2. The van der Waals surface area contributed by atoms with E-state index in [0.717, 1.165) is 6.07 Å². The lowest BCUT2D eigenvalue weighted by Crippen LogP contribution is -2.08. The van der Waals surface area contributed by atoms with Gasteiger partial charge >= 0.3 is 5.97 Å². The fourth-order valence-electron chi connectivity index (χ4n) is 1.73. The number of benzene rings is 2. The summed E-state index contributed by atoms with van der Waals surface area (Å²) in [5, 5.41) is 11.4. The number of hydrogen-bond acceptors (Lipinski definition) is 2. The highest BCUT2D eigenvalue weighted by Gasteiger charge is 2.16. The second-order valence-corrected chi connectivity index (χ2v) is 4.58. The van der Waals surface area contributed by atoms with Crippen LogP contribution < -0.4 is 5.32 Å². The minimum Gasteiger partial charge on any atom is -0.478 e. The van der Waals surface area contributed by atoms with Gasteiger partial charge in [0.1, 0.15) is 17.5 Å². The molecule has 2 aromatic rings. The molecular weight excluding hydrogens is 307 g/mol. The molecule has 0 aliphatic rings. The van der Waals surface area contributed by atoms with E-state index in [4.69, 9.17) is 16.7 Å². The zero-order chi connectivity index (χ0) is 15.6. The van der Waals surface area contributed by atoms with Crippen LogP contribution in [0.5, 0.6) is 0 Å². The molecule has 21 heavy (non-hydrogen) atoms. The normalized spacial score (nSPS) is 10.5. The number of anilines is 1. The molecule has 0 saturated heterocycles. The molecule has 0 radical (unpaired) electrons. The fourth-order valence-corrected chi connectivity index (χ4v) is 1.96. The molecule has 7 heteroatoms. The van der Waals surface area contributed by atoms with Gasteiger partial charge in [0, 0.05) is 23.2 Å². The standard InChI is InChI=1S/C14H9ClF3NO2/c15-9-2-1-3-10(16)8(9)6-19-13-4-7(14(20)21)11(17)5-12(13)18/h1-5,19H,6H2,(H,20,21). The molecular formula is C14H9ClF3NO2. The van der Waals surface area contributed by atoms with Gasteiger partial charge in [-0.2, -0.15) is 0 Å². The number of aromatic carboxylic acids is 1. The Kier molecular flexibility index (Phi) is 4.37. The van der Waals surface area contributed by atoms with Crippen LogP contribution in [-0.2, 0) is 6.54 Å². The summed E-state index contributed by atoms with van der Waals surface area (Å²) in [7, 11) is 0. The van der Waals surface area contributed by atoms with Crippen molar-refractivity contribution in [3.8, 4) is 0 Å². The van der Waals surface area contributed by atoms with Crippen LogP contribution in [0, 0.1) is 17.5 Å². The minimum absolute atomic E-state index is 0.0970. The summed E-state index contributed by atoms with van der Waals surface area (Å²) in [6, 6.07) is 5.33. The largest absolute Gasteiger partial charge is 0.478 e. The Morgan fingerprint density at radius 1 is 1.14 bits per heavy atom. The van der Waals surface area contributed by atoms with Crippen LogP contribution in [-0.4, -0.2) is 11.1 Å². The molecule has 0 saturated carbocycles. The van der Waals surface area contributed by atoms with Crippen molar-refractivity contribution in [1.82, 2.24) is 0 Å². The van der Waals surface area contributed by atoms with E-state index in [9.17, 15) is 18.0 Å². The van der Waals surface area contributed by atoms with Crippen molar-refractivity contribution in [3.05, 3.63) is 63.9 Å². The molecule has 0 bridgehead atoms. The molecule has 0 fully saturated rings. The minimum atomic E-state index is -1.53. The van der Waals surface area contributed by atoms with Crippen LogP contribution in [0.15, 0.2) is 30.3 Å². The number of carboxylic acid groups (broad SMARTS) is 1. The monoisotopic (exact) mass is 315 g/mol. The van der Waals surface area contributed by atoms with E-state index in [1.165, 1.54) is 18.2 Å². The van der Waals surface area contributed by atoms with E-state index in [0.29, 0.717) is 6.07 Å². The van der Waals surface area contributed by atoms with Gasteiger partial charge < -0.3 is 10.4 Å². The topological polar surface area (TPSA) is 49.3 Å². The predicted molar refractivity (Wildman–Crippen MR) is 72.1 cm³/mol. The Hall–Kier alpha value is -2.21. The second-order valence-electron chi connectivity index (χ2n) is 4.17. The molecule has 0 heterocycles. The lowest BCUT2D eigenvalue weighted by molar-refractivity contribution is 0.0692. The zero-order valence-electron chi connectivity index (χ0n) is 10.5. The molecule has 0 atom stereocenters. The van der Waals surface area contributed by atoms with E-state index in [1.807, 2.05) is 0 Å². The Morgan fingerprint density at radius 3 is 2.48 bits per heavy atom. The van der Waals surface area contributed by atoms with Gasteiger partial charge in [-0.25, -0.2) is 18.0 Å². The molecule has 3 nitrogen and oxygen atoms in total. The predicted octanol–water partition coefficient (Wildman–Crippen LogP) is 4.07. The van der Waals surface area contributed by atoms with Crippen LogP contribution in [0.3, 0.4) is 0 Å². The van der Waals surface area contributed by atoms with Crippen LogP contribution in [0.25, 0.3) is 0 Å². The first-order valence-corrected chi connectivity index (χ1v) is 6.17. The third-order valence-electron chi connectivity index (χ3n) is 2.80. The first kappa shape index (κ1) is 15.2. The quantitative estimate of drug-likeness (QED) is 0.894. The Balaban J connectivity index is 2.28. The molecule has 2 N–H and O–H groups in total. The van der Waals surface area contributed by atoms with Crippen molar-refractivity contribution in [2.45, 2.75) is 6.54 Å². The van der Waals surface area contributed by atoms with E-state index in [1.54, 1.807) is 0 Å². The number of nitrogens with one attached hydrogen (secondary N) is 1. The van der Waals surface area contributed by atoms with Gasteiger partial charge in [-0.05, 0) is 18.2 Å². The van der Waals surface area contributed by atoms with Crippen LogP contribution in [0.2, 0.25) is 5.02 Å². The number of carboxylic acids is 1. The first-order valence-electron chi connectivity index (χ1n) is 5.79. The summed E-state index contributed by atoms with van der Waals surface area (Å²) in [4.78, 5) is 10.8. The average Bonchev–Trinajstić information content (AvgIpc) is 2.39. The van der Waals surface area contributed by atoms with Crippen molar-refractivity contribution < 1.29 is 23.1 Å². The molecule has 0 amide bonds. The summed E-state index contributed by atoms with van der Waals surface area (Å²) in [5.74, 6) is -4.28. The van der Waals surface area contributed by atoms with Crippen molar-refractivity contribution >= 4 is 23.3 Å². The van der Waals surface area contributed by atoms with Gasteiger partial charge in [0.15, 0.2) is 0 Å². The SMILES string of the molecule is O=C(O)c1cc(NCc2c(F)cccc2Cl)c(F)cc1F. The molecule has 0 unspecified atom stereocenters. The van der Waals surface area contributed by atoms with Gasteiger partial charge in [-0.15, -0.1) is 0 Å². The Morgan fingerprint density at radius 2 is 1.86 bits per heavy atom. The highest BCUT2D eigenvalue weighted by atomic mass is 35.5. The van der Waals surface area contributed by atoms with Crippen molar-refractivity contribution in [2.24, 2.45) is 0 Å². The second kappa shape index (κ2) is 6.05. The van der Waals surface area contributed by atoms with Crippen LogP contribution in [0.4, 0.5) is 18.9 Å². The zero-order valence-corrected chi connectivity index (χ0v) is 11.2. The van der Waals surface area contributed by atoms with E-state index < -0.39 is 29.0 Å². The lowest BCUT2D eigenvalue weighted by Gasteiger charge is -2.11. The highest BCUT2D eigenvalue weighted by molar-refractivity contribution is 6.31. The summed E-state index contributed by atoms with van der Waals surface area (Å²) in [5.41, 5.74) is -0.841. The maximum atomic E-state index is 13.6. The maximum Gasteiger partial charge on any atom is 0.338 e. The summed E-state index contributed by atoms with van der Waals surface area (Å²) in [6.45, 7) is -0.173. The fraction of sp³-hybridized carbons (Fsp3) is 0.0714. The van der Waals surface area contributed by atoms with Gasteiger partial charge in [0.25, 0.3) is 0 Å². The summed E-state index contributed by atoms with van der Waals surface area (Å²) >= 11 is 5.81. The molecule has 0 aliphatic heterocycles. The third kappa shape index (κ3) is 3.28. The van der Waals surface area contributed by atoms with E-state index in [-0.39, 0.29) is 22.8 Å². The number of rotatable bonds is 4. The molecule has 2 rings (SSSR count). The van der Waals surface area contributed by atoms with Gasteiger partial charge in [0.05, 0.1) is 11.3 Å². The van der Waals surface area contributed by atoms with Gasteiger partial charge in [-0.1, -0.05) is 17.7 Å². The number of carbonyl (C=O) groups is 1. The molecule has 110 valence electrons. The van der Waals surface area contributed by atoms with Gasteiger partial charge in [0.2, 0.25) is 0 Å². The van der Waals surface area contributed by atoms with E-state index in [2.05, 4.69) is 5.32 Å². The highest BCUT2D eigenvalue weighted by Crippen LogP contribution is 2.23. The van der Waals surface area contributed by atoms with Crippen molar-refractivity contribution in [2.75, 3.05) is 5.32 Å². The smallest absolute Gasteiger partial charge is 0.338 e. The lowest BCUT2D eigenvalue weighted by atomic mass is 10.1. The van der Waals surface area contributed by atoms with Crippen molar-refractivity contribution in [3.63, 3.8) is 0 Å². The maximum absolute atomic E-state index is 13.6. The first-order chi connectivity index (χ1) is 9.90. The summed E-state index contributed by atoms with van der Waals surface area (Å²) in [6.07, 6.45) is 0. The average molecular weight is 316 g/mol. The van der Waals surface area contributed by atoms with Gasteiger partial charge in [-0.3, -0.25) is 0 Å². The number of halogens is 4. The van der Waals surface area contributed by atoms with Crippen LogP contribution >= 0.6 is 11.6 Å².